The van der Waals surface area contributed by atoms with Crippen LogP contribution in [0.2, 0.25) is 0 Å². The van der Waals surface area contributed by atoms with Crippen LogP contribution >= 0.6 is 0 Å². The van der Waals surface area contributed by atoms with E-state index in [1.807, 2.05) is 7.05 Å². The molecule has 0 aromatic rings. The molecule has 0 unspecified atom stereocenters. The second kappa shape index (κ2) is 6.21. The lowest BCUT2D eigenvalue weighted by Crippen LogP contribution is -2.48. The van der Waals surface area contributed by atoms with Crippen molar-refractivity contribution < 1.29 is 9.90 Å². The minimum absolute atomic E-state index is 0.000943. The molecule has 4 heteroatoms. The number of hydrogen-bond acceptors (Lipinski definition) is 3. The summed E-state index contributed by atoms with van der Waals surface area (Å²) in [5.74, 6) is 0.130. The van der Waals surface area contributed by atoms with E-state index >= 15 is 0 Å². The number of carbonyl (C=O) groups is 1. The Morgan fingerprint density at radius 1 is 1.38 bits per heavy atom. The molecule has 4 nitrogen and oxygen atoms in total. The summed E-state index contributed by atoms with van der Waals surface area (Å²) >= 11 is 0. The molecule has 1 aliphatic carbocycles. The molecule has 1 aliphatic rings. The smallest absolute Gasteiger partial charge is 0.224 e. The van der Waals surface area contributed by atoms with Crippen LogP contribution < -0.4 is 5.32 Å². The quantitative estimate of drug-likeness (QED) is 0.730. The lowest BCUT2D eigenvalue weighted by atomic mass is 9.79. The van der Waals surface area contributed by atoms with Gasteiger partial charge in [0, 0.05) is 25.6 Å². The molecule has 0 heterocycles. The molecule has 0 aromatic heterocycles. The molecule has 0 spiro atoms. The van der Waals surface area contributed by atoms with Gasteiger partial charge in [-0.25, -0.2) is 0 Å². The van der Waals surface area contributed by atoms with Gasteiger partial charge < -0.3 is 15.3 Å². The van der Waals surface area contributed by atoms with E-state index in [1.165, 1.54) is 19.3 Å². The molecule has 0 atom stereocenters. The van der Waals surface area contributed by atoms with Crippen LogP contribution in [0.4, 0.5) is 0 Å². The van der Waals surface area contributed by atoms with Crippen LogP contribution in [0, 0.1) is 0 Å². The topological polar surface area (TPSA) is 52.6 Å². The van der Waals surface area contributed by atoms with Gasteiger partial charge in [-0.1, -0.05) is 19.3 Å². The molecule has 1 amide bonds. The fourth-order valence-electron chi connectivity index (χ4n) is 2.44. The highest BCUT2D eigenvalue weighted by atomic mass is 16.3. The van der Waals surface area contributed by atoms with E-state index in [2.05, 4.69) is 5.32 Å². The Hall–Kier alpha value is -0.610. The first-order valence-electron chi connectivity index (χ1n) is 6.17. The summed E-state index contributed by atoms with van der Waals surface area (Å²) in [6.45, 7) is 0.466. The predicted molar refractivity (Wildman–Crippen MR) is 64.2 cm³/mol. The van der Waals surface area contributed by atoms with E-state index in [0.29, 0.717) is 13.0 Å². The molecular weight excluding hydrogens is 204 g/mol. The van der Waals surface area contributed by atoms with Gasteiger partial charge in [0.2, 0.25) is 5.91 Å². The van der Waals surface area contributed by atoms with Crippen molar-refractivity contribution in [3.63, 3.8) is 0 Å². The summed E-state index contributed by atoms with van der Waals surface area (Å²) < 4.78 is 0. The molecule has 0 saturated heterocycles. The third-order valence-corrected chi connectivity index (χ3v) is 3.69. The normalized spacial score (nSPS) is 19.4. The van der Waals surface area contributed by atoms with Crippen LogP contribution in [-0.2, 0) is 4.79 Å². The minimum atomic E-state index is -0.000943. The maximum Gasteiger partial charge on any atom is 0.224 e. The fraction of sp³-hybridized carbons (Fsp3) is 0.917. The fourth-order valence-corrected chi connectivity index (χ4v) is 2.44. The Labute approximate surface area is 98.0 Å². The van der Waals surface area contributed by atoms with Gasteiger partial charge in [0.25, 0.3) is 0 Å². The minimum Gasteiger partial charge on any atom is -0.395 e. The van der Waals surface area contributed by atoms with Crippen molar-refractivity contribution in [2.45, 2.75) is 44.1 Å². The molecule has 0 radical (unpaired) electrons. The molecule has 0 bridgehead atoms. The van der Waals surface area contributed by atoms with Gasteiger partial charge in [-0.15, -0.1) is 0 Å². The van der Waals surface area contributed by atoms with Gasteiger partial charge in [-0.05, 0) is 19.9 Å². The van der Waals surface area contributed by atoms with Crippen molar-refractivity contribution in [1.29, 1.82) is 0 Å². The SMILES string of the molecule is CNC1(CC(=O)N(C)CCO)CCCCC1. The number of aliphatic hydroxyl groups is 1. The highest BCUT2D eigenvalue weighted by Crippen LogP contribution is 2.31. The predicted octanol–water partition coefficient (Wildman–Crippen LogP) is 0.749. The third-order valence-electron chi connectivity index (χ3n) is 3.69. The average Bonchev–Trinajstić information content (AvgIpc) is 2.30. The van der Waals surface area contributed by atoms with Crippen molar-refractivity contribution in [1.82, 2.24) is 10.2 Å². The largest absolute Gasteiger partial charge is 0.395 e. The zero-order chi connectivity index (χ0) is 12.0. The van der Waals surface area contributed by atoms with Crippen molar-refractivity contribution in [3.8, 4) is 0 Å². The number of amides is 1. The van der Waals surface area contributed by atoms with Gasteiger partial charge in [0.15, 0.2) is 0 Å². The van der Waals surface area contributed by atoms with Gasteiger partial charge in [0.1, 0.15) is 0 Å². The summed E-state index contributed by atoms with van der Waals surface area (Å²) in [4.78, 5) is 13.6. The van der Waals surface area contributed by atoms with Gasteiger partial charge in [-0.3, -0.25) is 4.79 Å². The maximum absolute atomic E-state index is 11.9. The summed E-state index contributed by atoms with van der Waals surface area (Å²) in [5, 5.41) is 12.1. The van der Waals surface area contributed by atoms with Crippen LogP contribution in [0.1, 0.15) is 38.5 Å². The summed E-state index contributed by atoms with van der Waals surface area (Å²) in [5.41, 5.74) is -0.000943. The molecule has 2 N–H and O–H groups in total. The van der Waals surface area contributed by atoms with E-state index in [9.17, 15) is 4.79 Å². The average molecular weight is 228 g/mol. The van der Waals surface area contributed by atoms with Crippen LogP contribution in [0.25, 0.3) is 0 Å². The number of likely N-dealkylation sites (N-methyl/N-ethyl adjacent to an activating group) is 1. The second-order valence-electron chi connectivity index (χ2n) is 4.81. The Bertz CT molecular complexity index is 225. The van der Waals surface area contributed by atoms with Gasteiger partial charge >= 0.3 is 0 Å². The summed E-state index contributed by atoms with van der Waals surface area (Å²) in [6, 6.07) is 0. The molecule has 94 valence electrons. The van der Waals surface area contributed by atoms with Crippen molar-refractivity contribution in [3.05, 3.63) is 0 Å². The maximum atomic E-state index is 11.9. The van der Waals surface area contributed by atoms with E-state index in [-0.39, 0.29) is 18.1 Å². The van der Waals surface area contributed by atoms with Gasteiger partial charge in [0.05, 0.1) is 6.61 Å². The Balaban J connectivity index is 2.51. The van der Waals surface area contributed by atoms with E-state index in [4.69, 9.17) is 5.11 Å². The van der Waals surface area contributed by atoms with Crippen LogP contribution in [-0.4, -0.2) is 48.7 Å². The number of aliphatic hydroxyl groups excluding tert-OH is 1. The molecule has 1 rings (SSSR count). The van der Waals surface area contributed by atoms with E-state index in [1.54, 1.807) is 11.9 Å². The Kier molecular flexibility index (Phi) is 5.22. The molecule has 16 heavy (non-hydrogen) atoms. The number of nitrogens with zero attached hydrogens (tertiary/aromatic N) is 1. The number of hydrogen-bond donors (Lipinski definition) is 2. The Morgan fingerprint density at radius 2 is 2.00 bits per heavy atom. The molecule has 0 aromatic carbocycles. The lowest BCUT2D eigenvalue weighted by Gasteiger charge is -2.37. The van der Waals surface area contributed by atoms with E-state index in [0.717, 1.165) is 12.8 Å². The number of nitrogens with one attached hydrogen (secondary N) is 1. The zero-order valence-electron chi connectivity index (χ0n) is 10.5. The molecule has 1 fully saturated rings. The van der Waals surface area contributed by atoms with Crippen molar-refractivity contribution >= 4 is 5.91 Å². The molecule has 0 aliphatic heterocycles. The highest BCUT2D eigenvalue weighted by Gasteiger charge is 2.33. The first-order valence-corrected chi connectivity index (χ1v) is 6.17. The first-order chi connectivity index (χ1) is 7.63. The van der Waals surface area contributed by atoms with Crippen molar-refractivity contribution in [2.75, 3.05) is 27.2 Å². The van der Waals surface area contributed by atoms with Crippen LogP contribution in [0.15, 0.2) is 0 Å². The number of carbonyl (C=O) groups excluding carboxylic acids is 1. The lowest BCUT2D eigenvalue weighted by molar-refractivity contribution is -0.132. The summed E-state index contributed by atoms with van der Waals surface area (Å²) in [6.07, 6.45) is 6.42. The molecule has 1 saturated carbocycles. The van der Waals surface area contributed by atoms with Crippen LogP contribution in [0.3, 0.4) is 0 Å². The summed E-state index contributed by atoms with van der Waals surface area (Å²) in [7, 11) is 3.70. The Morgan fingerprint density at radius 3 is 2.50 bits per heavy atom. The highest BCUT2D eigenvalue weighted by molar-refractivity contribution is 5.77. The first kappa shape index (κ1) is 13.5. The third kappa shape index (κ3) is 3.46. The number of rotatable bonds is 5. The van der Waals surface area contributed by atoms with E-state index < -0.39 is 0 Å². The monoisotopic (exact) mass is 228 g/mol. The second-order valence-corrected chi connectivity index (χ2v) is 4.81. The standard InChI is InChI=1S/C12H24N2O2/c1-13-12(6-4-3-5-7-12)10-11(16)14(2)8-9-15/h13,15H,3-10H2,1-2H3. The molecular formula is C12H24N2O2. The van der Waals surface area contributed by atoms with Crippen molar-refractivity contribution in [2.24, 2.45) is 0 Å². The van der Waals surface area contributed by atoms with Gasteiger partial charge in [-0.2, -0.15) is 0 Å². The van der Waals surface area contributed by atoms with Crippen LogP contribution in [0.5, 0.6) is 0 Å². The zero-order valence-corrected chi connectivity index (χ0v) is 10.5.